The Labute approximate surface area is 83.8 Å². The minimum atomic E-state index is -0.520. The first-order valence-corrected chi connectivity index (χ1v) is 5.10. The SMILES string of the molecule is CCc1[nH+]c(C)sc1-c1noc(=O)[nH]1. The van der Waals surface area contributed by atoms with E-state index < -0.39 is 5.76 Å². The molecule has 0 aliphatic rings. The Morgan fingerprint density at radius 2 is 2.43 bits per heavy atom. The van der Waals surface area contributed by atoms with Crippen LogP contribution in [0.25, 0.3) is 10.7 Å². The van der Waals surface area contributed by atoms with Crippen molar-refractivity contribution in [2.75, 3.05) is 0 Å². The predicted molar refractivity (Wildman–Crippen MR) is 51.1 cm³/mol. The number of aromatic nitrogens is 3. The molecule has 2 aromatic heterocycles. The van der Waals surface area contributed by atoms with Crippen LogP contribution in [-0.2, 0) is 6.42 Å². The van der Waals surface area contributed by atoms with Gasteiger partial charge in [0.25, 0.3) is 0 Å². The molecule has 2 aromatic rings. The maximum atomic E-state index is 10.8. The number of hydrogen-bond donors (Lipinski definition) is 1. The Balaban J connectivity index is 2.55. The number of hydrogen-bond acceptors (Lipinski definition) is 4. The van der Waals surface area contributed by atoms with Crippen LogP contribution in [0.15, 0.2) is 9.32 Å². The van der Waals surface area contributed by atoms with E-state index in [-0.39, 0.29) is 0 Å². The Kier molecular flexibility index (Phi) is 2.20. The van der Waals surface area contributed by atoms with Crippen molar-refractivity contribution in [1.29, 1.82) is 0 Å². The molecule has 0 atom stereocenters. The highest BCUT2D eigenvalue weighted by Gasteiger charge is 2.19. The molecule has 6 heteroatoms. The van der Waals surface area contributed by atoms with Crippen LogP contribution in [0, 0.1) is 6.92 Å². The van der Waals surface area contributed by atoms with Crippen molar-refractivity contribution < 1.29 is 9.51 Å². The minimum absolute atomic E-state index is 0.501. The van der Waals surface area contributed by atoms with Gasteiger partial charge >= 0.3 is 5.76 Å². The molecule has 2 heterocycles. The van der Waals surface area contributed by atoms with Gasteiger partial charge in [-0.2, -0.15) is 0 Å². The number of nitrogens with one attached hydrogen (secondary N) is 2. The molecule has 0 bridgehead atoms. The van der Waals surface area contributed by atoms with Gasteiger partial charge < -0.3 is 0 Å². The van der Waals surface area contributed by atoms with E-state index in [1.165, 1.54) is 0 Å². The molecule has 0 aliphatic heterocycles. The maximum absolute atomic E-state index is 10.8. The summed E-state index contributed by atoms with van der Waals surface area (Å²) < 4.78 is 4.46. The molecule has 2 rings (SSSR count). The Morgan fingerprint density at radius 3 is 3.00 bits per heavy atom. The van der Waals surface area contributed by atoms with E-state index in [4.69, 9.17) is 0 Å². The van der Waals surface area contributed by atoms with Crippen LogP contribution in [0.4, 0.5) is 0 Å². The molecule has 0 aromatic carbocycles. The van der Waals surface area contributed by atoms with Gasteiger partial charge in [0.15, 0.2) is 5.82 Å². The average molecular weight is 212 g/mol. The fraction of sp³-hybridized carbons (Fsp3) is 0.375. The lowest BCUT2D eigenvalue weighted by Gasteiger charge is -1.85. The summed E-state index contributed by atoms with van der Waals surface area (Å²) in [4.78, 5) is 17.5. The third-order valence-corrected chi connectivity index (χ3v) is 2.92. The topological polar surface area (TPSA) is 73.0 Å². The monoisotopic (exact) mass is 212 g/mol. The second-order valence-electron chi connectivity index (χ2n) is 2.89. The van der Waals surface area contributed by atoms with Crippen molar-refractivity contribution in [3.05, 3.63) is 21.3 Å². The molecule has 0 radical (unpaired) electrons. The van der Waals surface area contributed by atoms with Crippen LogP contribution in [0.5, 0.6) is 0 Å². The van der Waals surface area contributed by atoms with Crippen molar-refractivity contribution in [2.24, 2.45) is 0 Å². The molecule has 0 fully saturated rings. The second kappa shape index (κ2) is 3.38. The lowest BCUT2D eigenvalue weighted by Crippen LogP contribution is -2.08. The molecule has 0 aliphatic carbocycles. The van der Waals surface area contributed by atoms with Gasteiger partial charge in [-0.15, -0.1) is 0 Å². The highest BCUT2D eigenvalue weighted by molar-refractivity contribution is 7.14. The van der Waals surface area contributed by atoms with Crippen molar-refractivity contribution in [1.82, 2.24) is 10.1 Å². The summed E-state index contributed by atoms with van der Waals surface area (Å²) in [5.74, 6) is -0.0192. The first kappa shape index (κ1) is 9.14. The molecule has 0 unspecified atom stereocenters. The number of nitrogens with zero attached hydrogens (tertiary/aromatic N) is 1. The Bertz CT molecular complexity index is 497. The van der Waals surface area contributed by atoms with Crippen molar-refractivity contribution in [2.45, 2.75) is 20.3 Å². The number of H-pyrrole nitrogens is 2. The van der Waals surface area contributed by atoms with Crippen LogP contribution < -0.4 is 10.7 Å². The smallest absolute Gasteiger partial charge is 0.296 e. The zero-order chi connectivity index (χ0) is 10.1. The third kappa shape index (κ3) is 1.48. The fourth-order valence-corrected chi connectivity index (χ4v) is 2.26. The standard InChI is InChI=1S/C8H9N3O2S/c1-3-5-6(14-4(2)9-5)7-10-8(12)13-11-7/h3H2,1-2H3,(H,10,11,12)/p+1. The lowest BCUT2D eigenvalue weighted by molar-refractivity contribution is -0.390. The van der Waals surface area contributed by atoms with Crippen molar-refractivity contribution >= 4 is 11.3 Å². The zero-order valence-electron chi connectivity index (χ0n) is 7.88. The summed E-state index contributed by atoms with van der Waals surface area (Å²) in [6, 6.07) is 0. The lowest BCUT2D eigenvalue weighted by atomic mass is 10.3. The van der Waals surface area contributed by atoms with E-state index >= 15 is 0 Å². The van der Waals surface area contributed by atoms with Gasteiger partial charge in [-0.3, -0.25) is 9.51 Å². The summed E-state index contributed by atoms with van der Waals surface area (Å²) in [6.07, 6.45) is 0.870. The third-order valence-electron chi connectivity index (χ3n) is 1.87. The number of aromatic amines is 2. The molecule has 0 saturated carbocycles. The highest BCUT2D eigenvalue weighted by Crippen LogP contribution is 2.24. The van der Waals surface area contributed by atoms with E-state index in [9.17, 15) is 4.79 Å². The van der Waals surface area contributed by atoms with E-state index in [1.54, 1.807) is 11.3 Å². The summed E-state index contributed by atoms with van der Waals surface area (Å²) in [7, 11) is 0. The minimum Gasteiger partial charge on any atom is -0.296 e. The molecule has 0 saturated heterocycles. The van der Waals surface area contributed by atoms with E-state index in [1.807, 2.05) is 13.8 Å². The van der Waals surface area contributed by atoms with Gasteiger partial charge in [-0.1, -0.05) is 23.4 Å². The maximum Gasteiger partial charge on any atom is 0.439 e. The van der Waals surface area contributed by atoms with Gasteiger partial charge in [0.05, 0.1) is 0 Å². The molecular formula is C8H10N3O2S+. The predicted octanol–water partition coefficient (Wildman–Crippen LogP) is 0.776. The average Bonchev–Trinajstić information content (AvgIpc) is 2.71. The molecular weight excluding hydrogens is 202 g/mol. The van der Waals surface area contributed by atoms with Gasteiger partial charge in [0.1, 0.15) is 4.88 Å². The van der Waals surface area contributed by atoms with Crippen LogP contribution in [0.2, 0.25) is 0 Å². The van der Waals surface area contributed by atoms with Crippen molar-refractivity contribution in [3.63, 3.8) is 0 Å². The second-order valence-corrected chi connectivity index (χ2v) is 4.11. The van der Waals surface area contributed by atoms with Crippen LogP contribution in [0.1, 0.15) is 17.6 Å². The summed E-state index contributed by atoms with van der Waals surface area (Å²) >= 11 is 1.56. The molecule has 0 spiro atoms. The Hall–Kier alpha value is -1.43. The van der Waals surface area contributed by atoms with Crippen LogP contribution in [0.3, 0.4) is 0 Å². The molecule has 14 heavy (non-hydrogen) atoms. The molecule has 2 N–H and O–H groups in total. The van der Waals surface area contributed by atoms with Gasteiger partial charge in [0, 0.05) is 13.3 Å². The van der Waals surface area contributed by atoms with Gasteiger partial charge in [-0.05, 0) is 0 Å². The normalized spacial score (nSPS) is 10.7. The quantitative estimate of drug-likeness (QED) is 0.799. The summed E-state index contributed by atoms with van der Waals surface area (Å²) in [5.41, 5.74) is 1.07. The van der Waals surface area contributed by atoms with E-state index in [0.29, 0.717) is 5.82 Å². The van der Waals surface area contributed by atoms with E-state index in [2.05, 4.69) is 19.6 Å². The number of aryl methyl sites for hydroxylation is 2. The first-order valence-electron chi connectivity index (χ1n) is 4.28. The molecule has 5 nitrogen and oxygen atoms in total. The van der Waals surface area contributed by atoms with Gasteiger partial charge in [-0.25, -0.2) is 9.78 Å². The largest absolute Gasteiger partial charge is 0.439 e. The molecule has 74 valence electrons. The first-order chi connectivity index (χ1) is 6.70. The number of rotatable bonds is 2. The summed E-state index contributed by atoms with van der Waals surface area (Å²) in [6.45, 7) is 4.02. The van der Waals surface area contributed by atoms with Crippen molar-refractivity contribution in [3.8, 4) is 10.7 Å². The fourth-order valence-electron chi connectivity index (χ4n) is 1.28. The summed E-state index contributed by atoms with van der Waals surface area (Å²) in [5, 5.41) is 4.74. The van der Waals surface area contributed by atoms with Gasteiger partial charge in [0.2, 0.25) is 10.7 Å². The van der Waals surface area contributed by atoms with E-state index in [0.717, 1.165) is 22.0 Å². The van der Waals surface area contributed by atoms with Crippen LogP contribution >= 0.6 is 11.3 Å². The number of thiazole rings is 1. The highest BCUT2D eigenvalue weighted by atomic mass is 32.1. The van der Waals surface area contributed by atoms with Crippen LogP contribution in [-0.4, -0.2) is 10.1 Å². The zero-order valence-corrected chi connectivity index (χ0v) is 8.70. The Morgan fingerprint density at radius 1 is 1.64 bits per heavy atom. The molecule has 0 amide bonds.